The molecule has 0 radical (unpaired) electrons. The smallest absolute Gasteiger partial charge is 0.252 e. The van der Waals surface area contributed by atoms with Gasteiger partial charge in [-0.3, -0.25) is 9.59 Å². The number of nitrogens with one attached hydrogen (secondary N) is 4. The molecule has 0 unspecified atom stereocenters. The van der Waals surface area contributed by atoms with Gasteiger partial charge in [-0.25, -0.2) is 0 Å². The van der Waals surface area contributed by atoms with Crippen LogP contribution in [0.15, 0.2) is 36.4 Å². The summed E-state index contributed by atoms with van der Waals surface area (Å²) in [5.41, 5.74) is 0.812. The predicted octanol–water partition coefficient (Wildman–Crippen LogP) is 4.92. The Balaban J connectivity index is 1.59. The molecule has 2 fully saturated rings. The number of rotatable bonds is 4. The Kier molecular flexibility index (Phi) is 6.76. The molecule has 0 saturated carbocycles. The number of piperidine rings is 2. The fraction of sp³-hybridized carbons (Fsp3) is 0.600. The third-order valence-electron chi connectivity index (χ3n) is 7.42. The van der Waals surface area contributed by atoms with Gasteiger partial charge in [0.05, 0.1) is 0 Å². The zero-order valence-corrected chi connectivity index (χ0v) is 23.3. The molecule has 2 amide bonds. The van der Waals surface area contributed by atoms with E-state index >= 15 is 0 Å². The molecule has 2 aromatic carbocycles. The van der Waals surface area contributed by atoms with Crippen LogP contribution >= 0.6 is 0 Å². The highest BCUT2D eigenvalue weighted by molar-refractivity contribution is 6.10. The Labute approximate surface area is 216 Å². The van der Waals surface area contributed by atoms with Crippen molar-refractivity contribution in [1.29, 1.82) is 0 Å². The molecule has 2 aliphatic heterocycles. The van der Waals surface area contributed by atoms with E-state index in [2.05, 4.69) is 76.7 Å². The third-order valence-corrected chi connectivity index (χ3v) is 7.42. The fourth-order valence-electron chi connectivity index (χ4n) is 7.01. The standard InChI is InChI=1S/C30H44N4O2/c1-27(2)15-21(16-28(3,4)33-27)31-25(35)20-13-19-11-9-10-12-23(19)24(14-20)26(36)32-22-17-29(5,6)34-30(7,8)18-22/h9-14,21-22,33-34H,15-18H2,1-8H3,(H,31,35)(H,32,36). The van der Waals surface area contributed by atoms with Gasteiger partial charge < -0.3 is 21.3 Å². The summed E-state index contributed by atoms with van der Waals surface area (Å²) >= 11 is 0. The van der Waals surface area contributed by atoms with Crippen LogP contribution in [0.25, 0.3) is 10.8 Å². The lowest BCUT2D eigenvalue weighted by Crippen LogP contribution is -2.62. The van der Waals surface area contributed by atoms with Gasteiger partial charge in [0.15, 0.2) is 0 Å². The van der Waals surface area contributed by atoms with Crippen LogP contribution in [0.3, 0.4) is 0 Å². The van der Waals surface area contributed by atoms with Gasteiger partial charge in [-0.2, -0.15) is 0 Å². The molecule has 196 valence electrons. The van der Waals surface area contributed by atoms with Crippen molar-refractivity contribution in [3.63, 3.8) is 0 Å². The van der Waals surface area contributed by atoms with Crippen molar-refractivity contribution < 1.29 is 9.59 Å². The van der Waals surface area contributed by atoms with Gasteiger partial charge in [0, 0.05) is 45.4 Å². The maximum atomic E-state index is 13.6. The topological polar surface area (TPSA) is 82.3 Å². The molecule has 0 aromatic heterocycles. The first-order valence-electron chi connectivity index (χ1n) is 13.3. The maximum Gasteiger partial charge on any atom is 0.252 e. The summed E-state index contributed by atoms with van der Waals surface area (Å²) in [7, 11) is 0. The first kappa shape index (κ1) is 26.6. The Bertz CT molecular complexity index is 1130. The van der Waals surface area contributed by atoms with Gasteiger partial charge >= 0.3 is 0 Å². The third kappa shape index (κ3) is 6.27. The number of fused-ring (bicyclic) bond motifs is 1. The zero-order valence-electron chi connectivity index (χ0n) is 23.3. The number of carbonyl (C=O) groups excluding carboxylic acids is 2. The molecule has 36 heavy (non-hydrogen) atoms. The lowest BCUT2D eigenvalue weighted by atomic mass is 9.79. The summed E-state index contributed by atoms with van der Waals surface area (Å²) in [6, 6.07) is 11.6. The van der Waals surface area contributed by atoms with E-state index in [-0.39, 0.29) is 46.1 Å². The van der Waals surface area contributed by atoms with E-state index in [9.17, 15) is 9.59 Å². The van der Waals surface area contributed by atoms with E-state index < -0.39 is 0 Å². The summed E-state index contributed by atoms with van der Waals surface area (Å²) in [6.07, 6.45) is 3.40. The minimum Gasteiger partial charge on any atom is -0.349 e. The first-order chi connectivity index (χ1) is 16.5. The van der Waals surface area contributed by atoms with E-state index in [1.165, 1.54) is 0 Å². The SMILES string of the molecule is CC1(C)CC(NC(=O)c2cc(C(=O)NC3CC(C)(C)NC(C)(C)C3)c3ccccc3c2)CC(C)(C)N1. The molecule has 0 aliphatic carbocycles. The molecule has 6 nitrogen and oxygen atoms in total. The average Bonchev–Trinajstić information content (AvgIpc) is 2.68. The molecule has 2 heterocycles. The second-order valence-corrected chi connectivity index (χ2v) is 13.7. The van der Waals surface area contributed by atoms with Crippen LogP contribution in [-0.4, -0.2) is 46.1 Å². The number of hydrogen-bond donors (Lipinski definition) is 4. The number of amides is 2. The summed E-state index contributed by atoms with van der Waals surface area (Å²) in [5.74, 6) is -0.249. The molecule has 2 aliphatic rings. The Hall–Kier alpha value is -2.44. The van der Waals surface area contributed by atoms with Gasteiger partial charge in [-0.15, -0.1) is 0 Å². The highest BCUT2D eigenvalue weighted by atomic mass is 16.2. The number of hydrogen-bond acceptors (Lipinski definition) is 4. The largest absolute Gasteiger partial charge is 0.349 e. The first-order valence-corrected chi connectivity index (χ1v) is 13.3. The summed E-state index contributed by atoms with van der Waals surface area (Å²) in [4.78, 5) is 27.1. The molecular formula is C30H44N4O2. The molecule has 4 N–H and O–H groups in total. The Morgan fingerprint density at radius 1 is 0.694 bits per heavy atom. The predicted molar refractivity (Wildman–Crippen MR) is 148 cm³/mol. The zero-order chi connectivity index (χ0) is 26.5. The van der Waals surface area contributed by atoms with Crippen molar-refractivity contribution in [2.75, 3.05) is 0 Å². The minimum atomic E-state index is -0.127. The van der Waals surface area contributed by atoms with Crippen molar-refractivity contribution in [1.82, 2.24) is 21.3 Å². The number of carbonyl (C=O) groups is 2. The van der Waals surface area contributed by atoms with Crippen LogP contribution in [0, 0.1) is 0 Å². The summed E-state index contributed by atoms with van der Waals surface area (Å²) in [5, 5.41) is 15.6. The van der Waals surface area contributed by atoms with Crippen LogP contribution in [0.5, 0.6) is 0 Å². The average molecular weight is 493 g/mol. The summed E-state index contributed by atoms with van der Waals surface area (Å²) < 4.78 is 0. The highest BCUT2D eigenvalue weighted by Gasteiger charge is 2.39. The molecule has 0 bridgehead atoms. The summed E-state index contributed by atoms with van der Waals surface area (Å²) in [6.45, 7) is 17.4. The fourth-order valence-corrected chi connectivity index (χ4v) is 7.01. The van der Waals surface area contributed by atoms with E-state index in [0.29, 0.717) is 11.1 Å². The number of benzene rings is 2. The second-order valence-electron chi connectivity index (χ2n) is 13.7. The Morgan fingerprint density at radius 3 is 1.64 bits per heavy atom. The van der Waals surface area contributed by atoms with E-state index in [0.717, 1.165) is 36.5 Å². The van der Waals surface area contributed by atoms with E-state index in [4.69, 9.17) is 0 Å². The maximum absolute atomic E-state index is 13.6. The van der Waals surface area contributed by atoms with Crippen LogP contribution in [0.2, 0.25) is 0 Å². The molecular weight excluding hydrogens is 448 g/mol. The molecule has 2 aromatic rings. The quantitative estimate of drug-likeness (QED) is 0.488. The Morgan fingerprint density at radius 2 is 1.14 bits per heavy atom. The molecule has 4 rings (SSSR count). The van der Waals surface area contributed by atoms with E-state index in [1.807, 2.05) is 30.3 Å². The van der Waals surface area contributed by atoms with Crippen molar-refractivity contribution in [2.24, 2.45) is 0 Å². The van der Waals surface area contributed by atoms with E-state index in [1.54, 1.807) is 6.07 Å². The van der Waals surface area contributed by atoms with Crippen molar-refractivity contribution in [3.8, 4) is 0 Å². The van der Waals surface area contributed by atoms with Crippen LogP contribution < -0.4 is 21.3 Å². The van der Waals surface area contributed by atoms with Gasteiger partial charge in [0.1, 0.15) is 0 Å². The van der Waals surface area contributed by atoms with Crippen molar-refractivity contribution in [2.45, 2.75) is 115 Å². The van der Waals surface area contributed by atoms with Gasteiger partial charge in [-0.1, -0.05) is 24.3 Å². The highest BCUT2D eigenvalue weighted by Crippen LogP contribution is 2.31. The van der Waals surface area contributed by atoms with Gasteiger partial charge in [0.2, 0.25) is 0 Å². The lowest BCUT2D eigenvalue weighted by molar-refractivity contribution is 0.0869. The van der Waals surface area contributed by atoms with Crippen LogP contribution in [0.4, 0.5) is 0 Å². The van der Waals surface area contributed by atoms with Crippen molar-refractivity contribution >= 4 is 22.6 Å². The monoisotopic (exact) mass is 492 g/mol. The minimum absolute atomic E-state index is 0.0548. The second kappa shape index (κ2) is 9.14. The van der Waals surface area contributed by atoms with Gasteiger partial charge in [0.25, 0.3) is 11.8 Å². The van der Waals surface area contributed by atoms with Crippen molar-refractivity contribution in [3.05, 3.63) is 47.5 Å². The molecule has 6 heteroatoms. The molecule has 0 spiro atoms. The van der Waals surface area contributed by atoms with Crippen LogP contribution in [0.1, 0.15) is 102 Å². The molecule has 0 atom stereocenters. The lowest BCUT2D eigenvalue weighted by Gasteiger charge is -2.46. The normalized spacial score (nSPS) is 23.2. The van der Waals surface area contributed by atoms with Crippen LogP contribution in [-0.2, 0) is 0 Å². The molecule has 2 saturated heterocycles. The van der Waals surface area contributed by atoms with Gasteiger partial charge in [-0.05, 0) is 104 Å².